The van der Waals surface area contributed by atoms with Gasteiger partial charge in [-0.2, -0.15) is 0 Å². The van der Waals surface area contributed by atoms with Crippen molar-refractivity contribution < 1.29 is 9.57 Å². The van der Waals surface area contributed by atoms with Crippen LogP contribution in [0.5, 0.6) is 5.75 Å². The average Bonchev–Trinajstić information content (AvgIpc) is 2.90. The summed E-state index contributed by atoms with van der Waals surface area (Å²) in [6, 6.07) is 13.4. The molecule has 0 amide bonds. The Labute approximate surface area is 148 Å². The first kappa shape index (κ1) is 16.3. The third-order valence-corrected chi connectivity index (χ3v) is 5.23. The fourth-order valence-electron chi connectivity index (χ4n) is 3.79. The Morgan fingerprint density at radius 1 is 1.24 bits per heavy atom. The van der Waals surface area contributed by atoms with Crippen LogP contribution in [0.2, 0.25) is 0 Å². The first-order chi connectivity index (χ1) is 12.3. The van der Waals surface area contributed by atoms with Gasteiger partial charge in [0.05, 0.1) is 19.3 Å². The Hall–Kier alpha value is -2.15. The normalized spacial score (nSPS) is 28.4. The molecular weight excluding hydrogens is 316 g/mol. The van der Waals surface area contributed by atoms with E-state index >= 15 is 0 Å². The molecule has 4 bridgehead atoms. The van der Waals surface area contributed by atoms with Crippen molar-refractivity contribution in [1.29, 1.82) is 0 Å². The highest BCUT2D eigenvalue weighted by Crippen LogP contribution is 2.41. The summed E-state index contributed by atoms with van der Waals surface area (Å²) in [7, 11) is 3.54. The van der Waals surface area contributed by atoms with Crippen molar-refractivity contribution in [3.8, 4) is 16.9 Å². The van der Waals surface area contributed by atoms with E-state index in [2.05, 4.69) is 20.9 Å². The lowest BCUT2D eigenvalue weighted by Gasteiger charge is -2.47. The van der Waals surface area contributed by atoms with E-state index in [1.807, 2.05) is 43.4 Å². The Bertz CT molecular complexity index is 703. The molecule has 1 saturated carbocycles. The number of pyridine rings is 1. The van der Waals surface area contributed by atoms with Crippen LogP contribution in [0.25, 0.3) is 11.1 Å². The predicted octanol–water partition coefficient (Wildman–Crippen LogP) is 2.84. The summed E-state index contributed by atoms with van der Waals surface area (Å²) in [5, 5.41) is 5.34. The first-order valence-corrected chi connectivity index (χ1v) is 8.77. The molecule has 6 rings (SSSR count). The number of hydrogen-bond donors (Lipinski definition) is 2. The third-order valence-electron chi connectivity index (χ3n) is 5.23. The van der Waals surface area contributed by atoms with Gasteiger partial charge < -0.3 is 10.1 Å². The molecule has 1 aromatic heterocycles. The maximum Gasteiger partial charge on any atom is 0.133 e. The van der Waals surface area contributed by atoms with Crippen LogP contribution in [0.3, 0.4) is 0 Å². The SMILES string of the molecule is C1CC2CC3C1ONN23.CNc1ncccc1-c1ccc(OC)cc1. The van der Waals surface area contributed by atoms with E-state index in [0.29, 0.717) is 6.10 Å². The first-order valence-electron chi connectivity index (χ1n) is 8.77. The molecule has 0 spiro atoms. The molecule has 4 atom stereocenters. The highest BCUT2D eigenvalue weighted by molar-refractivity contribution is 5.75. The number of aromatic nitrogens is 1. The molecule has 2 N–H and O–H groups in total. The molecule has 25 heavy (non-hydrogen) atoms. The molecule has 6 nitrogen and oxygen atoms in total. The number of nitrogens with zero attached hydrogens (tertiary/aromatic N) is 2. The number of rotatable bonds is 3. The minimum atomic E-state index is 0.509. The van der Waals surface area contributed by atoms with E-state index in [0.717, 1.165) is 34.8 Å². The molecule has 0 radical (unpaired) electrons. The molecule has 1 aromatic carbocycles. The van der Waals surface area contributed by atoms with Gasteiger partial charge >= 0.3 is 0 Å². The minimum Gasteiger partial charge on any atom is -0.497 e. The summed E-state index contributed by atoms with van der Waals surface area (Å²) >= 11 is 0. The second-order valence-corrected chi connectivity index (χ2v) is 6.57. The van der Waals surface area contributed by atoms with Crippen LogP contribution in [0.4, 0.5) is 5.82 Å². The summed E-state index contributed by atoms with van der Waals surface area (Å²) < 4.78 is 5.13. The number of fused-ring (bicyclic) bond motifs is 1. The maximum atomic E-state index is 5.31. The van der Waals surface area contributed by atoms with Gasteiger partial charge in [-0.15, -0.1) is 5.59 Å². The summed E-state index contributed by atoms with van der Waals surface area (Å²) in [5.41, 5.74) is 5.17. The van der Waals surface area contributed by atoms with Gasteiger partial charge in [0.25, 0.3) is 0 Å². The van der Waals surface area contributed by atoms with E-state index in [9.17, 15) is 0 Å². The quantitative estimate of drug-likeness (QED) is 0.896. The lowest BCUT2D eigenvalue weighted by Crippen LogP contribution is -2.61. The van der Waals surface area contributed by atoms with E-state index in [4.69, 9.17) is 9.57 Å². The zero-order valence-electron chi connectivity index (χ0n) is 14.6. The van der Waals surface area contributed by atoms with Crippen molar-refractivity contribution in [2.45, 2.75) is 37.5 Å². The van der Waals surface area contributed by atoms with Crippen LogP contribution in [-0.2, 0) is 4.84 Å². The Morgan fingerprint density at radius 3 is 2.72 bits per heavy atom. The van der Waals surface area contributed by atoms with Crippen molar-refractivity contribution in [1.82, 2.24) is 15.6 Å². The minimum absolute atomic E-state index is 0.509. The summed E-state index contributed by atoms with van der Waals surface area (Å²) in [6.07, 6.45) is 6.23. The Kier molecular flexibility index (Phi) is 4.57. The van der Waals surface area contributed by atoms with Gasteiger partial charge in [0.2, 0.25) is 0 Å². The zero-order chi connectivity index (χ0) is 17.2. The second kappa shape index (κ2) is 7.00. The van der Waals surface area contributed by atoms with Crippen molar-refractivity contribution in [3.63, 3.8) is 0 Å². The van der Waals surface area contributed by atoms with Crippen LogP contribution < -0.4 is 15.6 Å². The average molecular weight is 340 g/mol. The van der Waals surface area contributed by atoms with E-state index in [1.54, 1.807) is 13.3 Å². The van der Waals surface area contributed by atoms with Gasteiger partial charge in [-0.3, -0.25) is 4.84 Å². The highest BCUT2D eigenvalue weighted by Gasteiger charge is 2.52. The monoisotopic (exact) mass is 340 g/mol. The number of ether oxygens (including phenoxy) is 1. The molecule has 6 heteroatoms. The lowest BCUT2D eigenvalue weighted by molar-refractivity contribution is -0.0500. The molecule has 4 heterocycles. The topological polar surface area (TPSA) is 58.7 Å². The van der Waals surface area contributed by atoms with Gasteiger partial charge in [0.1, 0.15) is 11.6 Å². The number of hydrazine groups is 1. The molecule has 4 aliphatic rings. The fourth-order valence-corrected chi connectivity index (χ4v) is 3.79. The predicted molar refractivity (Wildman–Crippen MR) is 97.0 cm³/mol. The van der Waals surface area contributed by atoms with Crippen molar-refractivity contribution in [3.05, 3.63) is 42.6 Å². The number of hydrogen-bond acceptors (Lipinski definition) is 6. The van der Waals surface area contributed by atoms with Gasteiger partial charge in [-0.1, -0.05) is 12.1 Å². The van der Waals surface area contributed by atoms with Gasteiger partial charge in [-0.25, -0.2) is 9.99 Å². The second-order valence-electron chi connectivity index (χ2n) is 6.57. The van der Waals surface area contributed by atoms with E-state index in [1.165, 1.54) is 19.3 Å². The highest BCUT2D eigenvalue weighted by atomic mass is 16.7. The number of piperidine rings is 1. The summed E-state index contributed by atoms with van der Waals surface area (Å²) in [6.45, 7) is 0. The molecule has 3 saturated heterocycles. The van der Waals surface area contributed by atoms with Gasteiger partial charge in [-0.05, 0) is 49.1 Å². The van der Waals surface area contributed by atoms with E-state index in [-0.39, 0.29) is 0 Å². The Morgan fingerprint density at radius 2 is 2.08 bits per heavy atom. The fraction of sp³-hybridized carbons (Fsp3) is 0.421. The van der Waals surface area contributed by atoms with Crippen LogP contribution >= 0.6 is 0 Å². The summed E-state index contributed by atoms with van der Waals surface area (Å²) in [5.74, 6) is 1.74. The standard InChI is InChI=1S/C13H14N2O.C6H10N2O/c1-14-13-12(4-3-9-15-13)10-5-7-11(16-2)8-6-10;1-2-6-5-3-4(1)8(5)7-9-6/h3-9H,1-2H3,(H,14,15);4-7H,1-3H2. The number of anilines is 1. The van der Waals surface area contributed by atoms with Gasteiger partial charge in [0.15, 0.2) is 0 Å². The molecule has 3 aliphatic heterocycles. The molecule has 132 valence electrons. The summed E-state index contributed by atoms with van der Waals surface area (Å²) in [4.78, 5) is 9.58. The van der Waals surface area contributed by atoms with Crippen LogP contribution in [0.1, 0.15) is 19.3 Å². The number of methoxy groups -OCH3 is 1. The molecule has 4 fully saturated rings. The van der Waals surface area contributed by atoms with Crippen LogP contribution in [-0.4, -0.2) is 42.3 Å². The molecular formula is C19H24N4O2. The van der Waals surface area contributed by atoms with E-state index < -0.39 is 0 Å². The van der Waals surface area contributed by atoms with Crippen LogP contribution in [0, 0.1) is 0 Å². The largest absolute Gasteiger partial charge is 0.497 e. The number of benzene rings is 1. The van der Waals surface area contributed by atoms with Crippen molar-refractivity contribution in [2.75, 3.05) is 19.5 Å². The molecule has 1 aliphatic carbocycles. The van der Waals surface area contributed by atoms with Crippen LogP contribution in [0.15, 0.2) is 42.6 Å². The zero-order valence-corrected chi connectivity index (χ0v) is 14.6. The molecule has 4 unspecified atom stereocenters. The van der Waals surface area contributed by atoms with Gasteiger partial charge in [0, 0.05) is 24.8 Å². The lowest BCUT2D eigenvalue weighted by atomic mass is 9.80. The third kappa shape index (κ3) is 3.08. The smallest absolute Gasteiger partial charge is 0.133 e. The van der Waals surface area contributed by atoms with Crippen molar-refractivity contribution >= 4 is 5.82 Å². The Balaban J connectivity index is 0.000000144. The molecule has 2 aromatic rings. The number of nitrogens with one attached hydrogen (secondary N) is 2. The maximum absolute atomic E-state index is 5.31. The van der Waals surface area contributed by atoms with Crippen molar-refractivity contribution in [2.24, 2.45) is 0 Å².